The molecule has 3 rings (SSSR count). The van der Waals surface area contributed by atoms with Gasteiger partial charge in [-0.2, -0.15) is 0 Å². The summed E-state index contributed by atoms with van der Waals surface area (Å²) >= 11 is 11.9. The molecule has 0 radical (unpaired) electrons. The third-order valence-electron chi connectivity index (χ3n) is 4.92. The number of nitrogens with zero attached hydrogens (tertiary/aromatic N) is 2. The Morgan fingerprint density at radius 1 is 1.37 bits per heavy atom. The molecule has 0 aliphatic carbocycles. The number of halogens is 4. The predicted molar refractivity (Wildman–Crippen MR) is 109 cm³/mol. The van der Waals surface area contributed by atoms with E-state index in [1.165, 1.54) is 37.6 Å². The molecule has 1 aliphatic rings. The first-order valence-corrected chi connectivity index (χ1v) is 9.69. The van der Waals surface area contributed by atoms with Crippen molar-refractivity contribution in [3.05, 3.63) is 63.1 Å². The number of carbonyl (C=O) groups is 1. The number of Topliss-reactive ketones (excluding diaryl/α,β-unsaturated/α-hetero) is 1. The number of methoxy groups -OCH3 is 1. The van der Waals surface area contributed by atoms with Crippen LogP contribution in [0.4, 0.5) is 8.78 Å². The molecular weight excluding hydrogens is 439 g/mol. The maximum Gasteiger partial charge on any atom is 0.283 e. The van der Waals surface area contributed by atoms with Gasteiger partial charge in [0.1, 0.15) is 29.8 Å². The largest absolute Gasteiger partial charge is 0.456 e. The van der Waals surface area contributed by atoms with Crippen molar-refractivity contribution in [2.24, 2.45) is 10.7 Å². The average molecular weight is 458 g/mol. The lowest BCUT2D eigenvalue weighted by Crippen LogP contribution is -2.53. The van der Waals surface area contributed by atoms with Crippen LogP contribution in [0.25, 0.3) is 0 Å². The highest BCUT2D eigenvalue weighted by atomic mass is 35.5. The summed E-state index contributed by atoms with van der Waals surface area (Å²) in [6.45, 7) is 0.672. The summed E-state index contributed by atoms with van der Waals surface area (Å²) in [5.41, 5.74) is 4.97. The Balaban J connectivity index is 1.98. The van der Waals surface area contributed by atoms with E-state index in [-0.39, 0.29) is 34.5 Å². The molecule has 6 nitrogen and oxygen atoms in total. The van der Waals surface area contributed by atoms with Crippen LogP contribution in [-0.2, 0) is 21.4 Å². The molecule has 2 heterocycles. The normalized spacial score (nSPS) is 23.6. The monoisotopic (exact) mass is 457 g/mol. The summed E-state index contributed by atoms with van der Waals surface area (Å²) in [6, 6.07) is 5.29. The summed E-state index contributed by atoms with van der Waals surface area (Å²) in [4.78, 5) is 20.8. The molecule has 0 spiro atoms. The molecule has 0 saturated heterocycles. The lowest BCUT2D eigenvalue weighted by molar-refractivity contribution is -0.0705. The Hall–Kier alpha value is -2.29. The minimum Gasteiger partial charge on any atom is -0.456 e. The molecule has 1 aromatic carbocycles. The maximum atomic E-state index is 14.8. The van der Waals surface area contributed by atoms with E-state index in [1.807, 2.05) is 0 Å². The van der Waals surface area contributed by atoms with Gasteiger partial charge in [0.15, 0.2) is 11.9 Å². The van der Waals surface area contributed by atoms with Gasteiger partial charge in [-0.25, -0.2) is 18.8 Å². The predicted octanol–water partition coefficient (Wildman–Crippen LogP) is 3.87. The fraction of sp³-hybridized carbons (Fsp3) is 0.350. The van der Waals surface area contributed by atoms with Gasteiger partial charge in [0.05, 0.1) is 10.0 Å². The Kier molecular flexibility index (Phi) is 6.59. The lowest BCUT2D eigenvalue weighted by atomic mass is 9.82. The minimum absolute atomic E-state index is 0.0544. The molecule has 0 saturated carbocycles. The number of ether oxygens (including phenoxy) is 2. The van der Waals surface area contributed by atoms with Crippen molar-refractivity contribution in [1.29, 1.82) is 0 Å². The highest BCUT2D eigenvalue weighted by Crippen LogP contribution is 2.38. The number of nitrogens with two attached hydrogens (primary N) is 1. The van der Waals surface area contributed by atoms with Gasteiger partial charge in [-0.05, 0) is 30.7 Å². The van der Waals surface area contributed by atoms with Crippen LogP contribution in [0.15, 0.2) is 35.5 Å². The molecule has 10 heteroatoms. The fourth-order valence-corrected chi connectivity index (χ4v) is 4.05. The minimum atomic E-state index is -1.37. The molecule has 0 bridgehead atoms. The number of hydrogen-bond donors (Lipinski definition) is 1. The zero-order valence-electron chi connectivity index (χ0n) is 16.2. The van der Waals surface area contributed by atoms with Crippen LogP contribution in [0.2, 0.25) is 10.0 Å². The summed E-state index contributed by atoms with van der Waals surface area (Å²) < 4.78 is 38.8. The molecule has 1 aromatic heterocycles. The van der Waals surface area contributed by atoms with Crippen molar-refractivity contribution in [1.82, 2.24) is 4.98 Å². The van der Waals surface area contributed by atoms with Crippen molar-refractivity contribution >= 4 is 35.0 Å². The van der Waals surface area contributed by atoms with Crippen LogP contribution in [0.1, 0.15) is 28.5 Å². The van der Waals surface area contributed by atoms with E-state index >= 15 is 0 Å². The molecule has 0 amide bonds. The van der Waals surface area contributed by atoms with Crippen molar-refractivity contribution in [2.75, 3.05) is 13.8 Å². The Labute approximate surface area is 182 Å². The summed E-state index contributed by atoms with van der Waals surface area (Å²) in [6.07, 6.45) is -0.781. The number of aromatic nitrogens is 1. The third-order valence-corrected chi connectivity index (χ3v) is 5.42. The second-order valence-corrected chi connectivity index (χ2v) is 7.81. The van der Waals surface area contributed by atoms with Gasteiger partial charge in [-0.3, -0.25) is 4.79 Å². The number of benzene rings is 1. The number of ketones is 1. The second kappa shape index (κ2) is 8.83. The van der Waals surface area contributed by atoms with Gasteiger partial charge in [0.25, 0.3) is 6.02 Å². The Morgan fingerprint density at radius 3 is 2.73 bits per heavy atom. The lowest BCUT2D eigenvalue weighted by Gasteiger charge is -2.41. The summed E-state index contributed by atoms with van der Waals surface area (Å²) in [7, 11) is 1.35. The van der Waals surface area contributed by atoms with E-state index < -0.39 is 30.2 Å². The van der Waals surface area contributed by atoms with Crippen LogP contribution in [0.5, 0.6) is 0 Å². The number of carbonyl (C=O) groups excluding carboxylic acids is 1. The number of aliphatic imine (C=N–C) groups is 1. The van der Waals surface area contributed by atoms with Gasteiger partial charge in [0.2, 0.25) is 0 Å². The molecule has 0 fully saturated rings. The number of hydrogen-bond acceptors (Lipinski definition) is 6. The molecular formula is C20H19Cl2F2N3O3. The van der Waals surface area contributed by atoms with Gasteiger partial charge < -0.3 is 15.2 Å². The average Bonchev–Trinajstić information content (AvgIpc) is 2.68. The maximum absolute atomic E-state index is 14.8. The van der Waals surface area contributed by atoms with Crippen LogP contribution >= 0.6 is 23.2 Å². The van der Waals surface area contributed by atoms with Crippen LogP contribution in [0.3, 0.4) is 0 Å². The number of pyridine rings is 1. The highest BCUT2D eigenvalue weighted by molar-refractivity contribution is 6.36. The fourth-order valence-electron chi connectivity index (χ4n) is 3.56. The van der Waals surface area contributed by atoms with Gasteiger partial charge in [0, 0.05) is 25.3 Å². The molecule has 1 aliphatic heterocycles. The number of rotatable bonds is 6. The van der Waals surface area contributed by atoms with Crippen molar-refractivity contribution in [3.8, 4) is 0 Å². The first kappa shape index (κ1) is 22.4. The summed E-state index contributed by atoms with van der Waals surface area (Å²) in [5, 5.41) is 0.422. The van der Waals surface area contributed by atoms with Crippen molar-refractivity contribution in [3.63, 3.8) is 0 Å². The first-order valence-electron chi connectivity index (χ1n) is 8.93. The second-order valence-electron chi connectivity index (χ2n) is 6.96. The molecule has 0 unspecified atom stereocenters. The quantitative estimate of drug-likeness (QED) is 0.665. The van der Waals surface area contributed by atoms with Crippen molar-refractivity contribution in [2.45, 2.75) is 31.1 Å². The first-order chi connectivity index (χ1) is 14.2. The van der Waals surface area contributed by atoms with Crippen LogP contribution < -0.4 is 5.73 Å². The smallest absolute Gasteiger partial charge is 0.283 e. The van der Waals surface area contributed by atoms with Gasteiger partial charge >= 0.3 is 0 Å². The Bertz CT molecular complexity index is 1010. The zero-order valence-corrected chi connectivity index (χ0v) is 17.7. The van der Waals surface area contributed by atoms with Gasteiger partial charge in [-0.1, -0.05) is 29.3 Å². The van der Waals surface area contributed by atoms with E-state index in [9.17, 15) is 13.6 Å². The van der Waals surface area contributed by atoms with Crippen LogP contribution in [-0.4, -0.2) is 42.8 Å². The molecule has 2 aromatic rings. The standard InChI is InChI=1S/C20H19Cl2F2N3O3/c1-20(18(29-2)16(8-23)30-19(25)27-20)12-5-10(3-4-14(12)24)6-15(28)17-13(22)7-11(21)9-26-17/h3-5,7,9,16,18H,6,8H2,1-2H3,(H2,25,27)/t16-,18+,20-/m1/s1. The summed E-state index contributed by atoms with van der Waals surface area (Å²) in [5.74, 6) is -0.978. The molecule has 3 atom stereocenters. The van der Waals surface area contributed by atoms with Gasteiger partial charge in [-0.15, -0.1) is 0 Å². The Morgan fingerprint density at radius 2 is 2.10 bits per heavy atom. The van der Waals surface area contributed by atoms with E-state index in [2.05, 4.69) is 9.98 Å². The van der Waals surface area contributed by atoms with Crippen molar-refractivity contribution < 1.29 is 23.0 Å². The molecule has 2 N–H and O–H groups in total. The van der Waals surface area contributed by atoms with E-state index in [0.717, 1.165) is 0 Å². The highest BCUT2D eigenvalue weighted by Gasteiger charge is 2.47. The van der Waals surface area contributed by atoms with Crippen LogP contribution in [0, 0.1) is 5.82 Å². The van der Waals surface area contributed by atoms with E-state index in [1.54, 1.807) is 6.92 Å². The number of amidine groups is 1. The molecule has 30 heavy (non-hydrogen) atoms. The number of alkyl halides is 1. The molecule has 160 valence electrons. The van der Waals surface area contributed by atoms with E-state index in [0.29, 0.717) is 10.6 Å². The third kappa shape index (κ3) is 4.26. The van der Waals surface area contributed by atoms with E-state index in [4.69, 9.17) is 38.4 Å². The SMILES string of the molecule is CO[C@H]1[C@@H](CF)OC(N)=N[C@]1(C)c1cc(CC(=O)c2ncc(Cl)cc2Cl)ccc1F. The zero-order chi connectivity index (χ0) is 22.1. The topological polar surface area (TPSA) is 86.8 Å².